The maximum atomic E-state index is 12.7. The Morgan fingerprint density at radius 1 is 1.30 bits per heavy atom. The number of benzene rings is 1. The minimum Gasteiger partial charge on any atom is -0.487 e. The molecule has 0 aliphatic carbocycles. The molecule has 0 radical (unpaired) electrons. The van der Waals surface area contributed by atoms with Crippen LogP contribution in [0.2, 0.25) is 0 Å². The molecule has 23 heavy (non-hydrogen) atoms. The van der Waals surface area contributed by atoms with Crippen molar-refractivity contribution >= 4 is 15.7 Å². The summed E-state index contributed by atoms with van der Waals surface area (Å²) in [4.78, 5) is 0.236. The van der Waals surface area contributed by atoms with Crippen molar-refractivity contribution in [1.82, 2.24) is 9.78 Å². The van der Waals surface area contributed by atoms with Gasteiger partial charge in [-0.1, -0.05) is 0 Å². The van der Waals surface area contributed by atoms with Gasteiger partial charge in [0.25, 0.3) is 10.0 Å². The number of fused-ring (bicyclic) bond motifs is 1. The summed E-state index contributed by atoms with van der Waals surface area (Å²) in [5, 5.41) is 4.24. The van der Waals surface area contributed by atoms with Crippen LogP contribution in [0.3, 0.4) is 0 Å². The summed E-state index contributed by atoms with van der Waals surface area (Å²) in [5.74, 6) is 0.752. The van der Waals surface area contributed by atoms with Gasteiger partial charge in [-0.25, -0.2) is 8.42 Å². The molecule has 0 atom stereocenters. The van der Waals surface area contributed by atoms with E-state index in [1.54, 1.807) is 36.9 Å². The smallest absolute Gasteiger partial charge is 0.262 e. The zero-order chi connectivity index (χ0) is 17.0. The molecule has 0 fully saturated rings. The predicted octanol–water partition coefficient (Wildman–Crippen LogP) is 2.55. The summed E-state index contributed by atoms with van der Waals surface area (Å²) in [5.41, 5.74) is 2.58. The van der Waals surface area contributed by atoms with Crippen LogP contribution in [-0.4, -0.2) is 23.8 Å². The number of ether oxygens (including phenoxy) is 1. The molecule has 1 aromatic heterocycles. The van der Waals surface area contributed by atoms with Crippen LogP contribution in [0.5, 0.6) is 5.75 Å². The first kappa shape index (κ1) is 15.9. The molecule has 1 aliphatic rings. The van der Waals surface area contributed by atoms with E-state index in [0.717, 1.165) is 17.0 Å². The van der Waals surface area contributed by atoms with Crippen LogP contribution in [0, 0.1) is 13.8 Å². The van der Waals surface area contributed by atoms with Gasteiger partial charge in [-0.3, -0.25) is 9.40 Å². The first-order valence-corrected chi connectivity index (χ1v) is 8.92. The second kappa shape index (κ2) is 4.99. The second-order valence-corrected chi connectivity index (χ2v) is 8.27. The van der Waals surface area contributed by atoms with E-state index in [4.69, 9.17) is 4.74 Å². The van der Waals surface area contributed by atoms with Crippen LogP contribution in [0.4, 0.5) is 5.69 Å². The van der Waals surface area contributed by atoms with Gasteiger partial charge < -0.3 is 4.74 Å². The molecule has 1 aromatic carbocycles. The molecule has 2 aromatic rings. The number of sulfonamides is 1. The molecule has 1 N–H and O–H groups in total. The quantitative estimate of drug-likeness (QED) is 0.935. The number of nitrogens with one attached hydrogen (secondary N) is 1. The maximum absolute atomic E-state index is 12.7. The monoisotopic (exact) mass is 335 g/mol. The van der Waals surface area contributed by atoms with Crippen molar-refractivity contribution in [2.45, 2.75) is 44.6 Å². The van der Waals surface area contributed by atoms with Gasteiger partial charge >= 0.3 is 0 Å². The van der Waals surface area contributed by atoms with Crippen molar-refractivity contribution in [2.75, 3.05) is 4.72 Å². The minimum absolute atomic E-state index is 0.236. The van der Waals surface area contributed by atoms with Crippen LogP contribution in [0.1, 0.15) is 30.8 Å². The van der Waals surface area contributed by atoms with Crippen molar-refractivity contribution in [1.29, 1.82) is 0 Å². The lowest BCUT2D eigenvalue weighted by Crippen LogP contribution is -2.24. The SMILES string of the molecule is Cc1nn(C)c(C)c1NS(=O)(=O)c1ccc2c(c1)CC(C)(C)O2. The highest BCUT2D eigenvalue weighted by Crippen LogP contribution is 2.36. The average Bonchev–Trinajstić information content (AvgIpc) is 2.87. The Hall–Kier alpha value is -2.02. The largest absolute Gasteiger partial charge is 0.487 e. The third-order valence-corrected chi connectivity index (χ3v) is 5.44. The van der Waals surface area contributed by atoms with E-state index < -0.39 is 10.0 Å². The molecule has 0 amide bonds. The van der Waals surface area contributed by atoms with Gasteiger partial charge in [0.1, 0.15) is 11.4 Å². The van der Waals surface area contributed by atoms with Gasteiger partial charge in [-0.05, 0) is 51.5 Å². The van der Waals surface area contributed by atoms with Crippen molar-refractivity contribution < 1.29 is 13.2 Å². The van der Waals surface area contributed by atoms with Crippen LogP contribution in [-0.2, 0) is 23.5 Å². The van der Waals surface area contributed by atoms with E-state index in [0.29, 0.717) is 17.8 Å². The molecule has 1 aliphatic heterocycles. The summed E-state index contributed by atoms with van der Waals surface area (Å²) in [6.07, 6.45) is 0.691. The lowest BCUT2D eigenvalue weighted by atomic mass is 10.0. The van der Waals surface area contributed by atoms with Gasteiger partial charge in [0.05, 0.1) is 22.0 Å². The predicted molar refractivity (Wildman–Crippen MR) is 88.3 cm³/mol. The second-order valence-electron chi connectivity index (χ2n) is 6.58. The molecule has 0 bridgehead atoms. The maximum Gasteiger partial charge on any atom is 0.262 e. The number of anilines is 1. The van der Waals surface area contributed by atoms with Gasteiger partial charge in [0.2, 0.25) is 0 Å². The molecular weight excluding hydrogens is 314 g/mol. The summed E-state index contributed by atoms with van der Waals surface area (Å²) < 4.78 is 35.5. The van der Waals surface area contributed by atoms with Crippen molar-refractivity contribution in [3.05, 3.63) is 35.2 Å². The fourth-order valence-corrected chi connectivity index (χ4v) is 4.09. The van der Waals surface area contributed by atoms with Crippen LogP contribution < -0.4 is 9.46 Å². The Morgan fingerprint density at radius 3 is 2.61 bits per heavy atom. The molecule has 6 nitrogen and oxygen atoms in total. The zero-order valence-corrected chi connectivity index (χ0v) is 14.8. The molecule has 7 heteroatoms. The Labute approximate surface area is 136 Å². The number of rotatable bonds is 3. The molecule has 0 saturated heterocycles. The Kier molecular flexibility index (Phi) is 3.44. The number of nitrogens with zero attached hydrogens (tertiary/aromatic N) is 2. The molecular formula is C16H21N3O3S. The fraction of sp³-hybridized carbons (Fsp3) is 0.438. The Bertz CT molecular complexity index is 882. The average molecular weight is 335 g/mol. The number of aromatic nitrogens is 2. The van der Waals surface area contributed by atoms with Crippen molar-refractivity contribution in [3.63, 3.8) is 0 Å². The molecule has 0 spiro atoms. The highest BCUT2D eigenvalue weighted by atomic mass is 32.2. The van der Waals surface area contributed by atoms with Gasteiger partial charge in [0.15, 0.2) is 0 Å². The van der Waals surface area contributed by atoms with Crippen molar-refractivity contribution in [3.8, 4) is 5.75 Å². The molecule has 0 saturated carbocycles. The third kappa shape index (κ3) is 2.81. The van der Waals surface area contributed by atoms with Crippen molar-refractivity contribution in [2.24, 2.45) is 7.05 Å². The molecule has 124 valence electrons. The lowest BCUT2D eigenvalue weighted by Gasteiger charge is -2.16. The van der Waals surface area contributed by atoms with Crippen LogP contribution in [0.15, 0.2) is 23.1 Å². The summed E-state index contributed by atoms with van der Waals surface area (Å²) >= 11 is 0. The number of aryl methyl sites for hydroxylation is 2. The molecule has 2 heterocycles. The van der Waals surface area contributed by atoms with Crippen LogP contribution in [0.25, 0.3) is 0 Å². The minimum atomic E-state index is -3.66. The standard InChI is InChI=1S/C16H21N3O3S/c1-10-15(11(2)19(5)17-10)18-23(20,21)13-6-7-14-12(8-13)9-16(3,4)22-14/h6-8,18H,9H2,1-5H3. The summed E-state index contributed by atoms with van der Waals surface area (Å²) in [6.45, 7) is 7.59. The van der Waals surface area contributed by atoms with E-state index in [-0.39, 0.29) is 10.5 Å². The first-order valence-electron chi connectivity index (χ1n) is 7.44. The van der Waals surface area contributed by atoms with Crippen LogP contribution >= 0.6 is 0 Å². The number of hydrogen-bond acceptors (Lipinski definition) is 4. The topological polar surface area (TPSA) is 73.2 Å². The van der Waals surface area contributed by atoms with E-state index in [1.807, 2.05) is 20.8 Å². The van der Waals surface area contributed by atoms with E-state index in [2.05, 4.69) is 9.82 Å². The zero-order valence-electron chi connectivity index (χ0n) is 14.0. The normalized spacial score (nSPS) is 16.0. The summed E-state index contributed by atoms with van der Waals surface area (Å²) in [7, 11) is -1.88. The van der Waals surface area contributed by atoms with Gasteiger partial charge in [-0.2, -0.15) is 5.10 Å². The third-order valence-electron chi connectivity index (χ3n) is 4.09. The summed E-state index contributed by atoms with van der Waals surface area (Å²) in [6, 6.07) is 4.98. The van der Waals surface area contributed by atoms with Gasteiger partial charge in [-0.15, -0.1) is 0 Å². The number of hydrogen-bond donors (Lipinski definition) is 1. The van der Waals surface area contributed by atoms with E-state index in [1.165, 1.54) is 0 Å². The molecule has 0 unspecified atom stereocenters. The highest BCUT2D eigenvalue weighted by Gasteiger charge is 2.31. The molecule has 3 rings (SSSR count). The van der Waals surface area contributed by atoms with E-state index >= 15 is 0 Å². The highest BCUT2D eigenvalue weighted by molar-refractivity contribution is 7.92. The lowest BCUT2D eigenvalue weighted by molar-refractivity contribution is 0.138. The Morgan fingerprint density at radius 2 is 2.00 bits per heavy atom. The Balaban J connectivity index is 1.96. The fourth-order valence-electron chi connectivity index (χ4n) is 2.87. The van der Waals surface area contributed by atoms with E-state index in [9.17, 15) is 8.42 Å². The van der Waals surface area contributed by atoms with Gasteiger partial charge in [0, 0.05) is 13.5 Å². The first-order chi connectivity index (χ1) is 10.6.